The number of aryl methyl sites for hydroxylation is 1. The van der Waals surface area contributed by atoms with Crippen LogP contribution in [-0.2, 0) is 22.6 Å². The van der Waals surface area contributed by atoms with Crippen molar-refractivity contribution in [3.8, 4) is 5.75 Å². The lowest BCUT2D eigenvalue weighted by molar-refractivity contribution is -0.134. The zero-order chi connectivity index (χ0) is 23.4. The Hall–Kier alpha value is -3.35. The van der Waals surface area contributed by atoms with Gasteiger partial charge in [-0.1, -0.05) is 13.0 Å². The number of nitrogens with one attached hydrogen (secondary N) is 1. The minimum Gasteiger partial charge on any atom is -0.497 e. The number of benzene rings is 2. The molecule has 0 fully saturated rings. The lowest BCUT2D eigenvalue weighted by Gasteiger charge is -2.37. The van der Waals surface area contributed by atoms with Crippen molar-refractivity contribution in [1.29, 1.82) is 0 Å². The van der Waals surface area contributed by atoms with E-state index in [2.05, 4.69) is 5.32 Å². The average Bonchev–Trinajstić information content (AvgIpc) is 2.77. The third-order valence-corrected chi connectivity index (χ3v) is 5.75. The van der Waals surface area contributed by atoms with E-state index >= 15 is 0 Å². The molecule has 7 nitrogen and oxygen atoms in total. The summed E-state index contributed by atoms with van der Waals surface area (Å²) in [6, 6.07) is 10.4. The number of hydrogen-bond acceptors (Lipinski definition) is 4. The fourth-order valence-electron chi connectivity index (χ4n) is 4.00. The van der Waals surface area contributed by atoms with Crippen LogP contribution in [0.15, 0.2) is 36.4 Å². The molecule has 32 heavy (non-hydrogen) atoms. The minimum atomic E-state index is -0.591. The molecule has 1 N–H and O–H groups in total. The predicted octanol–water partition coefficient (Wildman–Crippen LogP) is 3.40. The summed E-state index contributed by atoms with van der Waals surface area (Å²) in [4.78, 5) is 41.7. The van der Waals surface area contributed by atoms with Crippen molar-refractivity contribution in [2.45, 2.75) is 45.7 Å². The van der Waals surface area contributed by atoms with E-state index in [1.165, 1.54) is 4.90 Å². The largest absolute Gasteiger partial charge is 0.497 e. The van der Waals surface area contributed by atoms with Gasteiger partial charge in [-0.2, -0.15) is 0 Å². The first kappa shape index (κ1) is 23.3. The molecular formula is C25H31N3O4. The van der Waals surface area contributed by atoms with E-state index in [9.17, 15) is 14.4 Å². The Labute approximate surface area is 189 Å². The normalized spacial score (nSPS) is 15.0. The Morgan fingerprint density at radius 3 is 2.50 bits per heavy atom. The van der Waals surface area contributed by atoms with Crippen LogP contribution in [0.25, 0.3) is 0 Å². The van der Waals surface area contributed by atoms with E-state index in [0.717, 1.165) is 23.1 Å². The quantitative estimate of drug-likeness (QED) is 0.751. The Balaban J connectivity index is 1.96. The summed E-state index contributed by atoms with van der Waals surface area (Å²) in [6.45, 7) is 4.11. The molecule has 0 unspecified atom stereocenters. The lowest BCUT2D eigenvalue weighted by Crippen LogP contribution is -2.52. The van der Waals surface area contributed by atoms with Crippen molar-refractivity contribution < 1.29 is 19.1 Å². The highest BCUT2D eigenvalue weighted by molar-refractivity contribution is 5.99. The van der Waals surface area contributed by atoms with Crippen molar-refractivity contribution in [2.75, 3.05) is 26.5 Å². The molecule has 0 aliphatic carbocycles. The second kappa shape index (κ2) is 9.85. The number of anilines is 1. The molecule has 0 saturated carbocycles. The number of likely N-dealkylation sites (N-methyl/N-ethyl adjacent to an activating group) is 1. The number of methoxy groups -OCH3 is 1. The van der Waals surface area contributed by atoms with Crippen molar-refractivity contribution in [3.05, 3.63) is 58.7 Å². The average molecular weight is 438 g/mol. The molecule has 0 aromatic heterocycles. The van der Waals surface area contributed by atoms with Crippen LogP contribution in [0.2, 0.25) is 0 Å². The van der Waals surface area contributed by atoms with Crippen LogP contribution < -0.4 is 10.1 Å². The van der Waals surface area contributed by atoms with E-state index in [1.807, 2.05) is 38.1 Å². The van der Waals surface area contributed by atoms with Gasteiger partial charge < -0.3 is 19.9 Å². The molecule has 1 heterocycles. The molecule has 0 spiro atoms. The first-order valence-corrected chi connectivity index (χ1v) is 10.8. The standard InChI is InChI=1S/C25H31N3O4/c1-6-7-23(29)26-19-9-8-17-14-22(25(31)27(3)4)28(15-18(17)13-19)24(30)21-11-10-20(32-5)12-16(21)2/h8-13,22H,6-7,14-15H2,1-5H3,(H,26,29)/t22-/m0/s1. The molecular weight excluding hydrogens is 406 g/mol. The number of carbonyl (C=O) groups excluding carboxylic acids is 3. The molecule has 0 bridgehead atoms. The lowest BCUT2D eigenvalue weighted by atomic mass is 9.91. The summed E-state index contributed by atoms with van der Waals surface area (Å²) in [5.74, 6) is 0.328. The van der Waals surface area contributed by atoms with Gasteiger partial charge in [0, 0.05) is 44.7 Å². The van der Waals surface area contributed by atoms with E-state index in [1.54, 1.807) is 38.2 Å². The van der Waals surface area contributed by atoms with Gasteiger partial charge in [0.25, 0.3) is 5.91 Å². The van der Waals surface area contributed by atoms with Crippen LogP contribution in [0.3, 0.4) is 0 Å². The summed E-state index contributed by atoms with van der Waals surface area (Å²) < 4.78 is 5.25. The zero-order valence-electron chi connectivity index (χ0n) is 19.4. The zero-order valence-corrected chi connectivity index (χ0v) is 19.4. The van der Waals surface area contributed by atoms with Crippen LogP contribution in [0.4, 0.5) is 5.69 Å². The Bertz CT molecular complexity index is 1030. The molecule has 1 aliphatic heterocycles. The predicted molar refractivity (Wildman–Crippen MR) is 124 cm³/mol. The number of carbonyl (C=O) groups is 3. The smallest absolute Gasteiger partial charge is 0.255 e. The molecule has 3 rings (SSSR count). The number of rotatable bonds is 6. The second-order valence-electron chi connectivity index (χ2n) is 8.35. The van der Waals surface area contributed by atoms with Crippen molar-refractivity contribution in [3.63, 3.8) is 0 Å². The topological polar surface area (TPSA) is 79.0 Å². The number of fused-ring (bicyclic) bond motifs is 1. The molecule has 0 saturated heterocycles. The highest BCUT2D eigenvalue weighted by Gasteiger charge is 2.36. The van der Waals surface area contributed by atoms with Gasteiger partial charge in [0.05, 0.1) is 7.11 Å². The van der Waals surface area contributed by atoms with E-state index in [0.29, 0.717) is 36.4 Å². The number of nitrogens with zero attached hydrogens (tertiary/aromatic N) is 2. The van der Waals surface area contributed by atoms with Crippen LogP contribution in [0.5, 0.6) is 5.75 Å². The van der Waals surface area contributed by atoms with Crippen molar-refractivity contribution >= 4 is 23.4 Å². The van der Waals surface area contributed by atoms with Gasteiger partial charge in [0.1, 0.15) is 11.8 Å². The SMILES string of the molecule is CCCC(=O)Nc1ccc2c(c1)CN(C(=O)c1ccc(OC)cc1C)[C@H](C(=O)N(C)C)C2. The maximum absolute atomic E-state index is 13.6. The molecule has 0 radical (unpaired) electrons. The van der Waals surface area contributed by atoms with Crippen LogP contribution in [-0.4, -0.2) is 54.8 Å². The molecule has 170 valence electrons. The molecule has 2 aromatic rings. The van der Waals surface area contributed by atoms with Crippen LogP contribution >= 0.6 is 0 Å². The third-order valence-electron chi connectivity index (χ3n) is 5.75. The summed E-state index contributed by atoms with van der Waals surface area (Å²) in [5.41, 5.74) is 3.97. The van der Waals surface area contributed by atoms with E-state index in [4.69, 9.17) is 4.74 Å². The Morgan fingerprint density at radius 2 is 1.88 bits per heavy atom. The summed E-state index contributed by atoms with van der Waals surface area (Å²) in [6.07, 6.45) is 1.66. The van der Waals surface area contributed by atoms with Gasteiger partial charge in [-0.25, -0.2) is 0 Å². The highest BCUT2D eigenvalue weighted by Crippen LogP contribution is 2.29. The summed E-state index contributed by atoms with van der Waals surface area (Å²) in [5, 5.41) is 2.91. The molecule has 2 aromatic carbocycles. The van der Waals surface area contributed by atoms with Crippen LogP contribution in [0.1, 0.15) is 46.8 Å². The number of ether oxygens (including phenoxy) is 1. The number of amides is 3. The van der Waals surface area contributed by atoms with Gasteiger partial charge in [-0.3, -0.25) is 14.4 Å². The maximum atomic E-state index is 13.6. The Kier molecular flexibility index (Phi) is 7.18. The monoisotopic (exact) mass is 437 g/mol. The van der Waals surface area contributed by atoms with Crippen molar-refractivity contribution in [2.24, 2.45) is 0 Å². The highest BCUT2D eigenvalue weighted by atomic mass is 16.5. The van der Waals surface area contributed by atoms with E-state index < -0.39 is 6.04 Å². The summed E-state index contributed by atoms with van der Waals surface area (Å²) >= 11 is 0. The molecule has 1 aliphatic rings. The summed E-state index contributed by atoms with van der Waals surface area (Å²) in [7, 11) is 4.98. The van der Waals surface area contributed by atoms with Gasteiger partial charge in [0.2, 0.25) is 11.8 Å². The minimum absolute atomic E-state index is 0.0364. The van der Waals surface area contributed by atoms with Gasteiger partial charge >= 0.3 is 0 Å². The molecule has 3 amide bonds. The number of hydrogen-bond donors (Lipinski definition) is 1. The fraction of sp³-hybridized carbons (Fsp3) is 0.400. The Morgan fingerprint density at radius 1 is 1.12 bits per heavy atom. The first-order valence-electron chi connectivity index (χ1n) is 10.8. The third kappa shape index (κ3) is 4.93. The second-order valence-corrected chi connectivity index (χ2v) is 8.35. The van der Waals surface area contributed by atoms with Gasteiger partial charge in [-0.15, -0.1) is 0 Å². The van der Waals surface area contributed by atoms with E-state index in [-0.39, 0.29) is 17.7 Å². The van der Waals surface area contributed by atoms with Crippen molar-refractivity contribution in [1.82, 2.24) is 9.80 Å². The first-order chi connectivity index (χ1) is 15.2. The molecule has 7 heteroatoms. The van der Waals surface area contributed by atoms with Gasteiger partial charge in [-0.05, 0) is 60.4 Å². The maximum Gasteiger partial charge on any atom is 0.255 e. The fourth-order valence-corrected chi connectivity index (χ4v) is 4.00. The van der Waals surface area contributed by atoms with Gasteiger partial charge in [0.15, 0.2) is 0 Å². The molecule has 1 atom stereocenters. The van der Waals surface area contributed by atoms with Crippen LogP contribution in [0, 0.1) is 6.92 Å².